The lowest BCUT2D eigenvalue weighted by molar-refractivity contribution is -0.384. The number of nitrogens with two attached hydrogens (primary N) is 1. The number of nitrogens with zero attached hydrogens (tertiary/aromatic N) is 2. The summed E-state index contributed by atoms with van der Waals surface area (Å²) in [6.07, 6.45) is 1.43. The number of methoxy groups -OCH3 is 2. The maximum atomic E-state index is 13.6. The maximum absolute atomic E-state index is 13.6. The summed E-state index contributed by atoms with van der Waals surface area (Å²) < 4.78 is 17.4. The first-order valence-electron chi connectivity index (χ1n) is 10.1. The largest absolute Gasteiger partial charge is 0.465 e. The summed E-state index contributed by atoms with van der Waals surface area (Å²) in [5.74, 6) is -1.59. The van der Waals surface area contributed by atoms with E-state index in [1.54, 1.807) is 17.7 Å². The van der Waals surface area contributed by atoms with E-state index in [0.717, 1.165) is 12.1 Å². The predicted molar refractivity (Wildman–Crippen MR) is 115 cm³/mol. The van der Waals surface area contributed by atoms with Crippen LogP contribution in [0.25, 0.3) is 0 Å². The molecule has 1 aliphatic heterocycles. The summed E-state index contributed by atoms with van der Waals surface area (Å²) in [5.41, 5.74) is 7.03. The number of hydrogen-bond donors (Lipinski definition) is 1. The molecule has 1 aliphatic rings. The molecule has 0 fully saturated rings. The summed E-state index contributed by atoms with van der Waals surface area (Å²) in [6.45, 7) is 2.63. The van der Waals surface area contributed by atoms with Crippen molar-refractivity contribution in [2.24, 2.45) is 5.73 Å². The van der Waals surface area contributed by atoms with Crippen LogP contribution in [0.3, 0.4) is 0 Å². The van der Waals surface area contributed by atoms with Gasteiger partial charge in [0.2, 0.25) is 5.88 Å². The van der Waals surface area contributed by atoms with Crippen molar-refractivity contribution in [3.8, 4) is 5.75 Å². The van der Waals surface area contributed by atoms with E-state index < -0.39 is 16.8 Å². The molecule has 2 aromatic rings. The minimum absolute atomic E-state index is 0.0347. The van der Waals surface area contributed by atoms with Gasteiger partial charge in [-0.05, 0) is 12.0 Å². The van der Waals surface area contributed by atoms with Gasteiger partial charge in [0.25, 0.3) is 11.2 Å². The Morgan fingerprint density at radius 1 is 1.28 bits per heavy atom. The van der Waals surface area contributed by atoms with Crippen LogP contribution >= 0.6 is 0 Å². The second kappa shape index (κ2) is 9.65. The molecular formula is C22H25N3O7. The molecule has 0 amide bonds. The van der Waals surface area contributed by atoms with E-state index in [0.29, 0.717) is 25.1 Å². The fourth-order valence-corrected chi connectivity index (χ4v) is 3.84. The SMILES string of the molecule is CCCc1cc2c(c(=O)n1CCOC)C(c1ccc([N+](=O)[O-])cc1)C(C(=O)OC)=C(N)O2. The van der Waals surface area contributed by atoms with Crippen molar-refractivity contribution in [2.75, 3.05) is 20.8 Å². The molecule has 0 bridgehead atoms. The van der Waals surface area contributed by atoms with Crippen LogP contribution in [0.2, 0.25) is 0 Å². The van der Waals surface area contributed by atoms with Gasteiger partial charge < -0.3 is 24.5 Å². The van der Waals surface area contributed by atoms with Gasteiger partial charge in [-0.1, -0.05) is 25.5 Å². The van der Waals surface area contributed by atoms with E-state index in [-0.39, 0.29) is 34.0 Å². The molecule has 1 aromatic carbocycles. The van der Waals surface area contributed by atoms with Gasteiger partial charge in [-0.2, -0.15) is 0 Å². The Kier molecular flexibility index (Phi) is 6.94. The molecule has 0 spiro atoms. The molecule has 1 aromatic heterocycles. The maximum Gasteiger partial charge on any atom is 0.340 e. The highest BCUT2D eigenvalue weighted by atomic mass is 16.6. The van der Waals surface area contributed by atoms with Crippen molar-refractivity contribution >= 4 is 11.7 Å². The Labute approximate surface area is 184 Å². The number of pyridine rings is 1. The Morgan fingerprint density at radius 2 is 1.97 bits per heavy atom. The Balaban J connectivity index is 2.28. The normalized spacial score (nSPS) is 15.2. The quantitative estimate of drug-likeness (QED) is 0.373. The summed E-state index contributed by atoms with van der Waals surface area (Å²) in [6, 6.07) is 7.35. The highest BCUT2D eigenvalue weighted by Gasteiger charge is 2.38. The van der Waals surface area contributed by atoms with Crippen molar-refractivity contribution in [1.82, 2.24) is 4.57 Å². The minimum atomic E-state index is -0.913. The number of aromatic nitrogens is 1. The molecule has 2 N–H and O–H groups in total. The average Bonchev–Trinajstić information content (AvgIpc) is 2.77. The molecule has 0 aliphatic carbocycles. The minimum Gasteiger partial charge on any atom is -0.465 e. The third-order valence-corrected chi connectivity index (χ3v) is 5.32. The molecule has 32 heavy (non-hydrogen) atoms. The molecule has 0 saturated carbocycles. The third kappa shape index (κ3) is 4.22. The van der Waals surface area contributed by atoms with Crippen molar-refractivity contribution in [3.63, 3.8) is 0 Å². The van der Waals surface area contributed by atoms with E-state index in [9.17, 15) is 19.7 Å². The molecule has 0 radical (unpaired) electrons. The number of esters is 1. The van der Waals surface area contributed by atoms with E-state index in [1.165, 1.54) is 31.4 Å². The molecule has 0 saturated heterocycles. The molecule has 3 rings (SSSR count). The highest BCUT2D eigenvalue weighted by molar-refractivity contribution is 5.92. The number of nitro groups is 1. The topological polar surface area (TPSA) is 136 Å². The highest BCUT2D eigenvalue weighted by Crippen LogP contribution is 2.41. The van der Waals surface area contributed by atoms with Gasteiger partial charge in [0.15, 0.2) is 0 Å². The van der Waals surface area contributed by atoms with Gasteiger partial charge in [0, 0.05) is 37.5 Å². The van der Waals surface area contributed by atoms with Crippen LogP contribution in [-0.4, -0.2) is 36.3 Å². The lowest BCUT2D eigenvalue weighted by Crippen LogP contribution is -2.36. The van der Waals surface area contributed by atoms with Gasteiger partial charge in [0.1, 0.15) is 11.3 Å². The van der Waals surface area contributed by atoms with Crippen LogP contribution in [-0.2, 0) is 27.2 Å². The van der Waals surface area contributed by atoms with Crippen molar-refractivity contribution < 1.29 is 23.9 Å². The fraction of sp³-hybridized carbons (Fsp3) is 0.364. The number of carbonyl (C=O) groups excluding carboxylic acids is 1. The summed E-state index contributed by atoms with van der Waals surface area (Å²) >= 11 is 0. The van der Waals surface area contributed by atoms with Gasteiger partial charge >= 0.3 is 5.97 Å². The Bertz CT molecular complexity index is 1120. The number of fused-ring (bicyclic) bond motifs is 1. The number of nitro benzene ring substituents is 1. The zero-order valence-corrected chi connectivity index (χ0v) is 18.1. The van der Waals surface area contributed by atoms with Crippen LogP contribution in [0, 0.1) is 10.1 Å². The molecule has 2 heterocycles. The fourth-order valence-electron chi connectivity index (χ4n) is 3.84. The average molecular weight is 443 g/mol. The first-order chi connectivity index (χ1) is 15.3. The van der Waals surface area contributed by atoms with Crippen molar-refractivity contribution in [3.05, 3.63) is 79.1 Å². The molecule has 170 valence electrons. The van der Waals surface area contributed by atoms with E-state index in [2.05, 4.69) is 0 Å². The Morgan fingerprint density at radius 3 is 2.53 bits per heavy atom. The van der Waals surface area contributed by atoms with Crippen LogP contribution in [0.5, 0.6) is 5.75 Å². The van der Waals surface area contributed by atoms with Crippen LogP contribution in [0.4, 0.5) is 5.69 Å². The van der Waals surface area contributed by atoms with Gasteiger partial charge in [-0.3, -0.25) is 14.9 Å². The third-order valence-electron chi connectivity index (χ3n) is 5.32. The van der Waals surface area contributed by atoms with Gasteiger partial charge in [0.05, 0.1) is 30.1 Å². The molecule has 10 nitrogen and oxygen atoms in total. The van der Waals surface area contributed by atoms with E-state index in [4.69, 9.17) is 19.9 Å². The molecule has 1 atom stereocenters. The van der Waals surface area contributed by atoms with Crippen LogP contribution < -0.4 is 16.0 Å². The zero-order chi connectivity index (χ0) is 23.4. The number of aryl methyl sites for hydroxylation is 1. The van der Waals surface area contributed by atoms with E-state index in [1.807, 2.05) is 6.92 Å². The lowest BCUT2D eigenvalue weighted by atomic mass is 9.83. The standard InChI is InChI=1S/C22H25N3O7/c1-4-5-15-12-16-18(21(26)24(15)10-11-30-2)17(19(20(23)32-16)22(27)31-3)13-6-8-14(9-7-13)25(28)29/h6-9,12,17H,4-5,10-11,23H2,1-3H3. The number of rotatable bonds is 8. The first-order valence-corrected chi connectivity index (χ1v) is 10.1. The number of carbonyl (C=O) groups is 1. The number of benzene rings is 1. The zero-order valence-electron chi connectivity index (χ0n) is 18.1. The number of non-ortho nitro benzene ring substituents is 1. The van der Waals surface area contributed by atoms with Gasteiger partial charge in [-0.25, -0.2) is 4.79 Å². The first kappa shape index (κ1) is 23.0. The van der Waals surface area contributed by atoms with Crippen molar-refractivity contribution in [1.29, 1.82) is 0 Å². The van der Waals surface area contributed by atoms with Crippen molar-refractivity contribution in [2.45, 2.75) is 32.2 Å². The van der Waals surface area contributed by atoms with E-state index >= 15 is 0 Å². The lowest BCUT2D eigenvalue weighted by Gasteiger charge is -2.29. The van der Waals surface area contributed by atoms with Gasteiger partial charge in [-0.15, -0.1) is 0 Å². The van der Waals surface area contributed by atoms with Crippen LogP contribution in [0.15, 0.2) is 46.6 Å². The monoisotopic (exact) mass is 443 g/mol. The smallest absolute Gasteiger partial charge is 0.340 e. The summed E-state index contributed by atoms with van der Waals surface area (Å²) in [5, 5.41) is 11.1. The second-order valence-electron chi connectivity index (χ2n) is 7.27. The Hall–Kier alpha value is -3.66. The number of hydrogen-bond acceptors (Lipinski definition) is 8. The molecule has 1 unspecified atom stereocenters. The summed E-state index contributed by atoms with van der Waals surface area (Å²) in [7, 11) is 2.75. The predicted octanol–water partition coefficient (Wildman–Crippen LogP) is 2.22. The molecule has 10 heteroatoms. The number of ether oxygens (including phenoxy) is 3. The van der Waals surface area contributed by atoms with Crippen LogP contribution in [0.1, 0.15) is 36.1 Å². The molecular weight excluding hydrogens is 418 g/mol. The second-order valence-corrected chi connectivity index (χ2v) is 7.27. The summed E-state index contributed by atoms with van der Waals surface area (Å²) in [4.78, 5) is 36.8.